The molecule has 0 aromatic heterocycles. The van der Waals surface area contributed by atoms with E-state index in [1.807, 2.05) is 0 Å². The molecule has 2 aliphatic heterocycles. The predicted molar refractivity (Wildman–Crippen MR) is 52.1 cm³/mol. The molecule has 0 saturated carbocycles. The zero-order chi connectivity index (χ0) is 10.0. The standard InChI is InChI=1S/C10H19NO3/c1-12-10(3-5-14-7-10)9(11)8-2-4-13-6-8/h8-9H,2-7,11H2,1H3. The van der Waals surface area contributed by atoms with Crippen LogP contribution in [0.15, 0.2) is 0 Å². The molecule has 0 aromatic rings. The SMILES string of the molecule is COC1(C(N)C2CCOC2)CCOC1. The second kappa shape index (κ2) is 4.14. The van der Waals surface area contributed by atoms with Crippen LogP contribution in [0, 0.1) is 5.92 Å². The zero-order valence-electron chi connectivity index (χ0n) is 8.70. The van der Waals surface area contributed by atoms with Crippen LogP contribution >= 0.6 is 0 Å². The molecule has 0 amide bonds. The molecule has 0 spiro atoms. The molecule has 82 valence electrons. The first-order valence-electron chi connectivity index (χ1n) is 5.25. The summed E-state index contributed by atoms with van der Waals surface area (Å²) in [4.78, 5) is 0. The van der Waals surface area contributed by atoms with E-state index in [1.54, 1.807) is 7.11 Å². The van der Waals surface area contributed by atoms with E-state index >= 15 is 0 Å². The third-order valence-electron chi connectivity index (χ3n) is 3.50. The summed E-state index contributed by atoms with van der Waals surface area (Å²) in [5.41, 5.74) is 5.98. The van der Waals surface area contributed by atoms with Crippen LogP contribution in [0.2, 0.25) is 0 Å². The Morgan fingerprint density at radius 2 is 2.29 bits per heavy atom. The molecule has 0 radical (unpaired) electrons. The van der Waals surface area contributed by atoms with Gasteiger partial charge < -0.3 is 19.9 Å². The third-order valence-corrected chi connectivity index (χ3v) is 3.50. The molecule has 2 heterocycles. The molecule has 14 heavy (non-hydrogen) atoms. The molecule has 0 aromatic carbocycles. The predicted octanol–water partition coefficient (Wildman–Crippen LogP) is 0.156. The highest BCUT2D eigenvalue weighted by Crippen LogP contribution is 2.31. The largest absolute Gasteiger partial charge is 0.381 e. The fourth-order valence-corrected chi connectivity index (χ4v) is 2.39. The van der Waals surface area contributed by atoms with Gasteiger partial charge in [0.1, 0.15) is 5.60 Å². The molecule has 3 atom stereocenters. The molecule has 4 nitrogen and oxygen atoms in total. The maximum atomic E-state index is 6.24. The summed E-state index contributed by atoms with van der Waals surface area (Å²) in [5, 5.41) is 0. The maximum absolute atomic E-state index is 6.24. The van der Waals surface area contributed by atoms with Crippen molar-refractivity contribution in [1.29, 1.82) is 0 Å². The van der Waals surface area contributed by atoms with Crippen molar-refractivity contribution in [2.45, 2.75) is 24.5 Å². The van der Waals surface area contributed by atoms with Gasteiger partial charge in [0.05, 0.1) is 13.2 Å². The van der Waals surface area contributed by atoms with Gasteiger partial charge in [-0.2, -0.15) is 0 Å². The van der Waals surface area contributed by atoms with E-state index in [4.69, 9.17) is 19.9 Å². The van der Waals surface area contributed by atoms with E-state index in [-0.39, 0.29) is 11.6 Å². The number of hydrogen-bond donors (Lipinski definition) is 1. The molecule has 2 aliphatic rings. The van der Waals surface area contributed by atoms with Crippen LogP contribution in [0.1, 0.15) is 12.8 Å². The molecule has 0 aliphatic carbocycles. The van der Waals surface area contributed by atoms with Crippen LogP contribution in [-0.4, -0.2) is 45.2 Å². The third kappa shape index (κ3) is 1.67. The number of ether oxygens (including phenoxy) is 3. The first-order chi connectivity index (χ1) is 6.78. The van der Waals surface area contributed by atoms with Gasteiger partial charge in [-0.15, -0.1) is 0 Å². The Hall–Kier alpha value is -0.160. The summed E-state index contributed by atoms with van der Waals surface area (Å²) >= 11 is 0. The number of hydrogen-bond acceptors (Lipinski definition) is 4. The fraction of sp³-hybridized carbons (Fsp3) is 1.00. The topological polar surface area (TPSA) is 53.7 Å². The van der Waals surface area contributed by atoms with Gasteiger partial charge in [-0.3, -0.25) is 0 Å². The van der Waals surface area contributed by atoms with Gasteiger partial charge >= 0.3 is 0 Å². The zero-order valence-corrected chi connectivity index (χ0v) is 8.70. The molecule has 3 unspecified atom stereocenters. The van der Waals surface area contributed by atoms with Crippen molar-refractivity contribution in [1.82, 2.24) is 0 Å². The van der Waals surface area contributed by atoms with E-state index in [0.29, 0.717) is 12.5 Å². The van der Waals surface area contributed by atoms with Crippen LogP contribution in [0.5, 0.6) is 0 Å². The Morgan fingerprint density at radius 1 is 1.43 bits per heavy atom. The Kier molecular flexibility index (Phi) is 3.07. The van der Waals surface area contributed by atoms with Crippen molar-refractivity contribution < 1.29 is 14.2 Å². The van der Waals surface area contributed by atoms with E-state index < -0.39 is 0 Å². The molecule has 0 bridgehead atoms. The van der Waals surface area contributed by atoms with E-state index in [0.717, 1.165) is 32.7 Å². The highest BCUT2D eigenvalue weighted by Gasteiger charge is 2.45. The Balaban J connectivity index is 2.02. The molecule has 2 saturated heterocycles. The summed E-state index contributed by atoms with van der Waals surface area (Å²) < 4.78 is 16.3. The number of nitrogens with two attached hydrogens (primary N) is 1. The minimum Gasteiger partial charge on any atom is -0.381 e. The van der Waals surface area contributed by atoms with Crippen LogP contribution in [0.4, 0.5) is 0 Å². The van der Waals surface area contributed by atoms with E-state index in [2.05, 4.69) is 0 Å². The number of methoxy groups -OCH3 is 1. The molecule has 2 rings (SSSR count). The van der Waals surface area contributed by atoms with Crippen LogP contribution in [-0.2, 0) is 14.2 Å². The molecular weight excluding hydrogens is 182 g/mol. The molecule has 2 N–H and O–H groups in total. The van der Waals surface area contributed by atoms with Crippen molar-refractivity contribution >= 4 is 0 Å². The Bertz CT molecular complexity index is 186. The average Bonchev–Trinajstić information content (AvgIpc) is 2.89. The van der Waals surface area contributed by atoms with Crippen molar-refractivity contribution in [2.24, 2.45) is 11.7 Å². The lowest BCUT2D eigenvalue weighted by Crippen LogP contribution is -2.54. The van der Waals surface area contributed by atoms with E-state index in [9.17, 15) is 0 Å². The van der Waals surface area contributed by atoms with Gasteiger partial charge in [0.25, 0.3) is 0 Å². The maximum Gasteiger partial charge on any atom is 0.109 e. The van der Waals surface area contributed by atoms with Crippen molar-refractivity contribution in [2.75, 3.05) is 33.5 Å². The average molecular weight is 201 g/mol. The molecule has 2 fully saturated rings. The summed E-state index contributed by atoms with van der Waals surface area (Å²) in [6.07, 6.45) is 1.95. The monoisotopic (exact) mass is 201 g/mol. The minimum atomic E-state index is -0.266. The first kappa shape index (κ1) is 10.4. The van der Waals surface area contributed by atoms with Gasteiger partial charge in [0.15, 0.2) is 0 Å². The second-order valence-electron chi connectivity index (χ2n) is 4.22. The highest BCUT2D eigenvalue weighted by atomic mass is 16.6. The normalized spacial score (nSPS) is 40.3. The van der Waals surface area contributed by atoms with E-state index in [1.165, 1.54) is 0 Å². The molecule has 4 heteroatoms. The summed E-state index contributed by atoms with van der Waals surface area (Å²) in [6.45, 7) is 2.99. The smallest absolute Gasteiger partial charge is 0.109 e. The fourth-order valence-electron chi connectivity index (χ4n) is 2.39. The van der Waals surface area contributed by atoms with Crippen LogP contribution in [0.3, 0.4) is 0 Å². The van der Waals surface area contributed by atoms with Gasteiger partial charge in [-0.1, -0.05) is 0 Å². The van der Waals surface area contributed by atoms with Crippen LogP contribution < -0.4 is 5.73 Å². The van der Waals surface area contributed by atoms with Crippen molar-refractivity contribution in [3.63, 3.8) is 0 Å². The van der Waals surface area contributed by atoms with Gasteiger partial charge in [0, 0.05) is 38.7 Å². The lowest BCUT2D eigenvalue weighted by Gasteiger charge is -2.35. The second-order valence-corrected chi connectivity index (χ2v) is 4.22. The summed E-state index contributed by atoms with van der Waals surface area (Å²) in [5.74, 6) is 0.427. The van der Waals surface area contributed by atoms with Crippen LogP contribution in [0.25, 0.3) is 0 Å². The lowest BCUT2D eigenvalue weighted by molar-refractivity contribution is -0.0501. The Labute approximate surface area is 84.7 Å². The Morgan fingerprint density at radius 3 is 2.79 bits per heavy atom. The van der Waals surface area contributed by atoms with Gasteiger partial charge in [0.2, 0.25) is 0 Å². The van der Waals surface area contributed by atoms with Gasteiger partial charge in [-0.25, -0.2) is 0 Å². The molecular formula is C10H19NO3. The van der Waals surface area contributed by atoms with Gasteiger partial charge in [-0.05, 0) is 6.42 Å². The lowest BCUT2D eigenvalue weighted by atomic mass is 9.84. The summed E-state index contributed by atoms with van der Waals surface area (Å²) in [7, 11) is 1.73. The first-order valence-corrected chi connectivity index (χ1v) is 5.25. The van der Waals surface area contributed by atoms with Crippen molar-refractivity contribution in [3.05, 3.63) is 0 Å². The minimum absolute atomic E-state index is 0.0394. The van der Waals surface area contributed by atoms with Crippen molar-refractivity contribution in [3.8, 4) is 0 Å². The quantitative estimate of drug-likeness (QED) is 0.706. The highest BCUT2D eigenvalue weighted by molar-refractivity contribution is 4.98. The summed E-state index contributed by atoms with van der Waals surface area (Å²) in [6, 6.07) is 0.0394. The number of rotatable bonds is 3.